The number of amides is 2. The number of aryl methyl sites for hydroxylation is 1. The lowest BCUT2D eigenvalue weighted by Gasteiger charge is -2.07. The Bertz CT molecular complexity index is 1180. The second-order valence-electron chi connectivity index (χ2n) is 6.33. The third-order valence-corrected chi connectivity index (χ3v) is 4.28. The smallest absolute Gasteiger partial charge is 0.277 e. The van der Waals surface area contributed by atoms with E-state index in [4.69, 9.17) is 8.94 Å². The van der Waals surface area contributed by atoms with E-state index in [9.17, 15) is 14.0 Å². The molecule has 0 atom stereocenters. The molecule has 0 aliphatic heterocycles. The summed E-state index contributed by atoms with van der Waals surface area (Å²) in [6.07, 6.45) is 2.87. The van der Waals surface area contributed by atoms with E-state index in [0.717, 1.165) is 0 Å². The summed E-state index contributed by atoms with van der Waals surface area (Å²) in [4.78, 5) is 25.1. The number of anilines is 1. The molecule has 0 saturated carbocycles. The first-order chi connectivity index (χ1) is 14.5. The zero-order chi connectivity index (χ0) is 21.1. The van der Waals surface area contributed by atoms with Crippen molar-refractivity contribution >= 4 is 17.5 Å². The summed E-state index contributed by atoms with van der Waals surface area (Å²) in [6, 6.07) is 10.5. The average molecular weight is 409 g/mol. The van der Waals surface area contributed by atoms with Crippen LogP contribution in [0.15, 0.2) is 63.9 Å². The van der Waals surface area contributed by atoms with Crippen molar-refractivity contribution in [1.29, 1.82) is 0 Å². The van der Waals surface area contributed by atoms with Crippen molar-refractivity contribution in [3.8, 4) is 11.3 Å². The fourth-order valence-corrected chi connectivity index (χ4v) is 2.78. The lowest BCUT2D eigenvalue weighted by atomic mass is 10.1. The highest BCUT2D eigenvalue weighted by molar-refractivity contribution is 6.07. The maximum atomic E-state index is 13.1. The van der Waals surface area contributed by atoms with E-state index in [1.165, 1.54) is 47.5 Å². The van der Waals surface area contributed by atoms with Crippen LogP contribution in [0.4, 0.5) is 10.1 Å². The second kappa shape index (κ2) is 8.03. The Hall–Kier alpha value is -4.21. The van der Waals surface area contributed by atoms with E-state index in [1.807, 2.05) is 0 Å². The molecule has 1 aromatic carbocycles. The molecule has 3 heterocycles. The first kappa shape index (κ1) is 19.1. The third-order valence-electron chi connectivity index (χ3n) is 4.28. The Labute approximate surface area is 169 Å². The van der Waals surface area contributed by atoms with Crippen LogP contribution in [0.5, 0.6) is 0 Å². The van der Waals surface area contributed by atoms with E-state index >= 15 is 0 Å². The molecule has 0 unspecified atom stereocenters. The maximum absolute atomic E-state index is 13.1. The van der Waals surface area contributed by atoms with Gasteiger partial charge in [-0.1, -0.05) is 5.16 Å². The van der Waals surface area contributed by atoms with E-state index in [-0.39, 0.29) is 29.4 Å². The zero-order valence-electron chi connectivity index (χ0n) is 15.8. The van der Waals surface area contributed by atoms with E-state index in [0.29, 0.717) is 17.1 Å². The van der Waals surface area contributed by atoms with E-state index in [1.54, 1.807) is 19.2 Å². The Balaban J connectivity index is 1.47. The number of rotatable bonds is 6. The number of hydrogen-bond acceptors (Lipinski definition) is 6. The van der Waals surface area contributed by atoms with Crippen LogP contribution in [0.2, 0.25) is 0 Å². The van der Waals surface area contributed by atoms with Crippen LogP contribution in [-0.4, -0.2) is 26.8 Å². The Morgan fingerprint density at radius 1 is 1.17 bits per heavy atom. The standard InChI is InChI=1S/C20H16FN5O4/c1-26-18(20(28)22-10-14-3-2-8-29-14)16(11-23-26)24-19(27)15-9-17(30-25-15)12-4-6-13(21)7-5-12/h2-9,11H,10H2,1H3,(H,22,28)(H,24,27). The van der Waals surface area contributed by atoms with Gasteiger partial charge in [-0.3, -0.25) is 14.3 Å². The number of aromatic nitrogens is 3. The minimum Gasteiger partial charge on any atom is -0.467 e. The SMILES string of the molecule is Cn1ncc(NC(=O)c2cc(-c3ccc(F)cc3)on2)c1C(=O)NCc1ccco1. The fourth-order valence-electron chi connectivity index (χ4n) is 2.78. The van der Waals surface area contributed by atoms with Crippen molar-refractivity contribution in [2.24, 2.45) is 7.05 Å². The van der Waals surface area contributed by atoms with Gasteiger partial charge in [-0.15, -0.1) is 0 Å². The van der Waals surface area contributed by atoms with Crippen molar-refractivity contribution in [2.75, 3.05) is 5.32 Å². The number of benzene rings is 1. The molecule has 4 aromatic rings. The van der Waals surface area contributed by atoms with Gasteiger partial charge in [-0.05, 0) is 36.4 Å². The molecule has 30 heavy (non-hydrogen) atoms. The Kier molecular flexibility index (Phi) is 5.12. The van der Waals surface area contributed by atoms with Gasteiger partial charge in [0.05, 0.1) is 24.7 Å². The Morgan fingerprint density at radius 2 is 1.97 bits per heavy atom. The van der Waals surface area contributed by atoms with Crippen molar-refractivity contribution in [2.45, 2.75) is 6.54 Å². The van der Waals surface area contributed by atoms with Crippen molar-refractivity contribution in [1.82, 2.24) is 20.3 Å². The number of hydrogen-bond donors (Lipinski definition) is 2. The van der Waals surface area contributed by atoms with Crippen molar-refractivity contribution < 1.29 is 22.9 Å². The van der Waals surface area contributed by atoms with Gasteiger partial charge in [0.1, 0.15) is 17.3 Å². The van der Waals surface area contributed by atoms with Gasteiger partial charge in [0, 0.05) is 18.7 Å². The van der Waals surface area contributed by atoms with Gasteiger partial charge in [0.15, 0.2) is 11.5 Å². The summed E-state index contributed by atoms with van der Waals surface area (Å²) >= 11 is 0. The number of halogens is 1. The lowest BCUT2D eigenvalue weighted by Crippen LogP contribution is -2.26. The lowest BCUT2D eigenvalue weighted by molar-refractivity contribution is 0.0939. The van der Waals surface area contributed by atoms with Crippen molar-refractivity contribution in [3.63, 3.8) is 0 Å². The molecule has 0 radical (unpaired) electrons. The average Bonchev–Trinajstić information content (AvgIpc) is 3.48. The Morgan fingerprint density at radius 3 is 2.70 bits per heavy atom. The van der Waals surface area contributed by atoms with Crippen LogP contribution in [0.1, 0.15) is 26.7 Å². The van der Waals surface area contributed by atoms with Crippen LogP contribution in [-0.2, 0) is 13.6 Å². The molecule has 152 valence electrons. The number of nitrogens with one attached hydrogen (secondary N) is 2. The molecule has 0 bridgehead atoms. The van der Waals surface area contributed by atoms with Crippen molar-refractivity contribution in [3.05, 3.63) is 77.9 Å². The van der Waals surface area contributed by atoms with E-state index < -0.39 is 11.8 Å². The molecule has 2 amide bonds. The van der Waals surface area contributed by atoms with Gasteiger partial charge < -0.3 is 19.6 Å². The second-order valence-corrected chi connectivity index (χ2v) is 6.33. The summed E-state index contributed by atoms with van der Waals surface area (Å²) in [6.45, 7) is 0.189. The van der Waals surface area contributed by atoms with Crippen LogP contribution in [0.25, 0.3) is 11.3 Å². The number of nitrogens with zero attached hydrogens (tertiary/aromatic N) is 3. The summed E-state index contributed by atoms with van der Waals surface area (Å²) < 4.78 is 24.8. The summed E-state index contributed by atoms with van der Waals surface area (Å²) in [5, 5.41) is 13.1. The van der Waals surface area contributed by atoms with Gasteiger partial charge in [-0.2, -0.15) is 5.10 Å². The predicted molar refractivity (Wildman–Crippen MR) is 103 cm³/mol. The van der Waals surface area contributed by atoms with Crippen LogP contribution >= 0.6 is 0 Å². The van der Waals surface area contributed by atoms with Gasteiger partial charge in [-0.25, -0.2) is 4.39 Å². The topological polar surface area (TPSA) is 115 Å². The molecule has 3 aromatic heterocycles. The first-order valence-corrected chi connectivity index (χ1v) is 8.88. The maximum Gasteiger partial charge on any atom is 0.277 e. The number of carbonyl (C=O) groups is 2. The molecule has 0 aliphatic carbocycles. The monoisotopic (exact) mass is 409 g/mol. The van der Waals surface area contributed by atoms with Crippen LogP contribution in [0, 0.1) is 5.82 Å². The molecule has 2 N–H and O–H groups in total. The summed E-state index contributed by atoms with van der Waals surface area (Å²) in [5.74, 6) is -0.505. The van der Waals surface area contributed by atoms with Crippen LogP contribution in [0.3, 0.4) is 0 Å². The molecule has 10 heteroatoms. The normalized spacial score (nSPS) is 10.7. The predicted octanol–water partition coefficient (Wildman–Crippen LogP) is 2.99. The molecular formula is C20H16FN5O4. The highest BCUT2D eigenvalue weighted by Gasteiger charge is 2.21. The molecule has 0 saturated heterocycles. The highest BCUT2D eigenvalue weighted by atomic mass is 19.1. The minimum atomic E-state index is -0.583. The largest absolute Gasteiger partial charge is 0.467 e. The van der Waals surface area contributed by atoms with Gasteiger partial charge >= 0.3 is 0 Å². The first-order valence-electron chi connectivity index (χ1n) is 8.88. The molecule has 0 spiro atoms. The minimum absolute atomic E-state index is 0.000113. The number of carbonyl (C=O) groups excluding carboxylic acids is 2. The molecule has 4 rings (SSSR count). The molecule has 0 aliphatic rings. The van der Waals surface area contributed by atoms with Crippen LogP contribution < -0.4 is 10.6 Å². The molecular weight excluding hydrogens is 393 g/mol. The van der Waals surface area contributed by atoms with Gasteiger partial charge in [0.25, 0.3) is 11.8 Å². The fraction of sp³-hybridized carbons (Fsp3) is 0.100. The summed E-state index contributed by atoms with van der Waals surface area (Å²) in [7, 11) is 1.58. The highest BCUT2D eigenvalue weighted by Crippen LogP contribution is 2.22. The molecule has 0 fully saturated rings. The quantitative estimate of drug-likeness (QED) is 0.506. The third kappa shape index (κ3) is 3.97. The molecule has 9 nitrogen and oxygen atoms in total. The summed E-state index contributed by atoms with van der Waals surface area (Å²) in [5.41, 5.74) is 0.949. The number of furan rings is 1. The van der Waals surface area contributed by atoms with E-state index in [2.05, 4.69) is 20.9 Å². The zero-order valence-corrected chi connectivity index (χ0v) is 15.8. The van der Waals surface area contributed by atoms with Gasteiger partial charge in [0.2, 0.25) is 0 Å².